The summed E-state index contributed by atoms with van der Waals surface area (Å²) in [5.74, 6) is -1.63. The summed E-state index contributed by atoms with van der Waals surface area (Å²) >= 11 is 0. The number of anilines is 2. The first-order valence-electron chi connectivity index (χ1n) is 7.43. The van der Waals surface area contributed by atoms with Crippen molar-refractivity contribution in [3.05, 3.63) is 24.3 Å². The highest BCUT2D eigenvalue weighted by Crippen LogP contribution is 2.26. The van der Waals surface area contributed by atoms with E-state index in [1.54, 1.807) is 24.3 Å². The summed E-state index contributed by atoms with van der Waals surface area (Å²) < 4.78 is 0. The molecule has 3 rings (SSSR count). The van der Waals surface area contributed by atoms with E-state index in [9.17, 15) is 19.2 Å². The van der Waals surface area contributed by atoms with Crippen molar-refractivity contribution in [1.29, 1.82) is 0 Å². The fraction of sp³-hybridized carbons (Fsp3) is 0.333. The molecule has 1 atom stereocenters. The molecule has 2 aliphatic heterocycles. The van der Waals surface area contributed by atoms with Crippen molar-refractivity contribution in [2.75, 3.05) is 23.7 Å². The Hall–Kier alpha value is -3.10. The van der Waals surface area contributed by atoms with Crippen LogP contribution in [-0.4, -0.2) is 58.0 Å². The number of likely N-dealkylation sites (tertiary alicyclic amines) is 1. The lowest BCUT2D eigenvalue weighted by atomic mass is 10.0. The summed E-state index contributed by atoms with van der Waals surface area (Å²) in [6.07, 6.45) is -1.58. The van der Waals surface area contributed by atoms with Gasteiger partial charge in [0.15, 0.2) is 0 Å². The van der Waals surface area contributed by atoms with Crippen molar-refractivity contribution in [3.8, 4) is 0 Å². The van der Waals surface area contributed by atoms with Gasteiger partial charge in [0.2, 0.25) is 5.91 Å². The van der Waals surface area contributed by atoms with Crippen LogP contribution in [0.3, 0.4) is 0 Å². The molecule has 0 bridgehead atoms. The zero-order chi connectivity index (χ0) is 17.4. The van der Waals surface area contributed by atoms with E-state index >= 15 is 0 Å². The SMILES string of the molecule is Nc1ccc(N2CCN(C3CCC(=O)N(C(=O)O)C3=O)C2=O)cc1. The van der Waals surface area contributed by atoms with Gasteiger partial charge < -0.3 is 15.7 Å². The van der Waals surface area contributed by atoms with Crippen LogP contribution < -0.4 is 10.6 Å². The molecule has 9 heteroatoms. The summed E-state index contributed by atoms with van der Waals surface area (Å²) in [5, 5.41) is 9.02. The standard InChI is InChI=1S/C15H16N4O5/c16-9-1-3-10(4-2-9)17-7-8-18(14(17)22)11-5-6-12(20)19(13(11)21)15(23)24/h1-4,11H,5-8,16H2,(H,23,24). The average molecular weight is 332 g/mol. The first-order valence-corrected chi connectivity index (χ1v) is 7.43. The Morgan fingerprint density at radius 3 is 2.42 bits per heavy atom. The normalized spacial score (nSPS) is 21.6. The number of amides is 5. The van der Waals surface area contributed by atoms with Crippen LogP contribution in [0.25, 0.3) is 0 Å². The molecule has 1 unspecified atom stereocenters. The minimum Gasteiger partial charge on any atom is -0.464 e. The number of hydrogen-bond acceptors (Lipinski definition) is 5. The number of nitrogens with zero attached hydrogens (tertiary/aromatic N) is 3. The lowest BCUT2D eigenvalue weighted by Crippen LogP contribution is -2.56. The first kappa shape index (κ1) is 15.8. The Morgan fingerprint density at radius 1 is 1.12 bits per heavy atom. The van der Waals surface area contributed by atoms with Crippen LogP contribution in [0.4, 0.5) is 21.0 Å². The lowest BCUT2D eigenvalue weighted by molar-refractivity contribution is -0.148. The largest absolute Gasteiger partial charge is 0.464 e. The fourth-order valence-electron chi connectivity index (χ4n) is 2.99. The Labute approximate surface area is 137 Å². The summed E-state index contributed by atoms with van der Waals surface area (Å²) in [6, 6.07) is 5.41. The molecule has 0 radical (unpaired) electrons. The van der Waals surface area contributed by atoms with Crippen LogP contribution in [0.1, 0.15) is 12.8 Å². The quantitative estimate of drug-likeness (QED) is 0.607. The molecule has 24 heavy (non-hydrogen) atoms. The molecular weight excluding hydrogens is 316 g/mol. The van der Waals surface area contributed by atoms with E-state index in [1.807, 2.05) is 0 Å². The monoisotopic (exact) mass is 332 g/mol. The molecule has 2 heterocycles. The highest BCUT2D eigenvalue weighted by Gasteiger charge is 2.45. The summed E-state index contributed by atoms with van der Waals surface area (Å²) in [6.45, 7) is 0.648. The molecule has 9 nitrogen and oxygen atoms in total. The number of carbonyl (C=O) groups excluding carboxylic acids is 3. The predicted molar refractivity (Wildman–Crippen MR) is 83.2 cm³/mol. The van der Waals surface area contributed by atoms with Crippen LogP contribution in [0, 0.1) is 0 Å². The topological polar surface area (TPSA) is 124 Å². The highest BCUT2D eigenvalue weighted by atomic mass is 16.4. The molecule has 5 amide bonds. The smallest absolute Gasteiger partial charge is 0.421 e. The molecule has 2 aliphatic rings. The zero-order valence-electron chi connectivity index (χ0n) is 12.7. The number of rotatable bonds is 2. The molecule has 0 aromatic heterocycles. The Kier molecular flexibility index (Phi) is 3.84. The predicted octanol–water partition coefficient (Wildman–Crippen LogP) is 0.706. The minimum atomic E-state index is -1.61. The minimum absolute atomic E-state index is 0.0889. The number of imide groups is 3. The number of carbonyl (C=O) groups is 4. The van der Waals surface area contributed by atoms with Crippen LogP contribution >= 0.6 is 0 Å². The van der Waals surface area contributed by atoms with Crippen molar-refractivity contribution in [2.24, 2.45) is 0 Å². The van der Waals surface area contributed by atoms with Crippen molar-refractivity contribution in [3.63, 3.8) is 0 Å². The zero-order valence-corrected chi connectivity index (χ0v) is 12.7. The number of carboxylic acid groups (broad SMARTS) is 1. The molecule has 1 aromatic carbocycles. The summed E-state index contributed by atoms with van der Waals surface area (Å²) in [4.78, 5) is 50.6. The van der Waals surface area contributed by atoms with E-state index in [0.29, 0.717) is 17.9 Å². The lowest BCUT2D eigenvalue weighted by Gasteiger charge is -2.32. The van der Waals surface area contributed by atoms with Gasteiger partial charge in [-0.25, -0.2) is 9.59 Å². The van der Waals surface area contributed by atoms with Crippen molar-refractivity contribution in [1.82, 2.24) is 9.80 Å². The number of nitrogens with two attached hydrogens (primary N) is 1. The molecule has 2 fully saturated rings. The molecule has 126 valence electrons. The highest BCUT2D eigenvalue weighted by molar-refractivity contribution is 6.12. The van der Waals surface area contributed by atoms with Gasteiger partial charge in [-0.05, 0) is 30.7 Å². The van der Waals surface area contributed by atoms with Crippen molar-refractivity contribution in [2.45, 2.75) is 18.9 Å². The molecule has 3 N–H and O–H groups in total. The van der Waals surface area contributed by atoms with Gasteiger partial charge in [-0.15, -0.1) is 0 Å². The average Bonchev–Trinajstić information content (AvgIpc) is 2.90. The molecule has 0 saturated carbocycles. The van der Waals surface area contributed by atoms with Gasteiger partial charge in [-0.3, -0.25) is 14.5 Å². The van der Waals surface area contributed by atoms with Crippen molar-refractivity contribution >= 4 is 35.3 Å². The van der Waals surface area contributed by atoms with Gasteiger partial charge >= 0.3 is 12.1 Å². The van der Waals surface area contributed by atoms with Gasteiger partial charge in [-0.2, -0.15) is 4.90 Å². The third kappa shape index (κ3) is 2.53. The second-order valence-corrected chi connectivity index (χ2v) is 5.62. The maximum Gasteiger partial charge on any atom is 0.421 e. The summed E-state index contributed by atoms with van der Waals surface area (Å²) in [5.41, 5.74) is 6.84. The Morgan fingerprint density at radius 2 is 1.79 bits per heavy atom. The van der Waals surface area contributed by atoms with E-state index in [4.69, 9.17) is 10.8 Å². The first-order chi connectivity index (χ1) is 11.4. The van der Waals surface area contributed by atoms with E-state index in [1.165, 1.54) is 9.80 Å². The van der Waals surface area contributed by atoms with E-state index in [0.717, 1.165) is 0 Å². The van der Waals surface area contributed by atoms with Gasteiger partial charge in [0.1, 0.15) is 6.04 Å². The molecular formula is C15H16N4O5. The third-order valence-electron chi connectivity index (χ3n) is 4.20. The number of piperidine rings is 1. The van der Waals surface area contributed by atoms with E-state index in [-0.39, 0.29) is 24.3 Å². The van der Waals surface area contributed by atoms with Crippen molar-refractivity contribution < 1.29 is 24.3 Å². The second-order valence-electron chi connectivity index (χ2n) is 5.62. The molecule has 2 saturated heterocycles. The third-order valence-corrected chi connectivity index (χ3v) is 4.20. The van der Waals surface area contributed by atoms with E-state index in [2.05, 4.69) is 0 Å². The molecule has 1 aromatic rings. The van der Waals surface area contributed by atoms with Crippen LogP contribution in [0.15, 0.2) is 24.3 Å². The number of benzene rings is 1. The van der Waals surface area contributed by atoms with Gasteiger partial charge in [-0.1, -0.05) is 0 Å². The second kappa shape index (κ2) is 5.84. The Balaban J connectivity index is 1.80. The van der Waals surface area contributed by atoms with Gasteiger partial charge in [0, 0.05) is 30.9 Å². The Bertz CT molecular complexity index is 717. The van der Waals surface area contributed by atoms with Crippen LogP contribution in [0.2, 0.25) is 0 Å². The molecule has 0 spiro atoms. The van der Waals surface area contributed by atoms with Gasteiger partial charge in [0.05, 0.1) is 0 Å². The van der Waals surface area contributed by atoms with Crippen LogP contribution in [-0.2, 0) is 9.59 Å². The number of hydrogen-bond donors (Lipinski definition) is 2. The maximum atomic E-state index is 12.6. The fourth-order valence-corrected chi connectivity index (χ4v) is 2.99. The number of urea groups is 1. The van der Waals surface area contributed by atoms with Gasteiger partial charge in [0.25, 0.3) is 5.91 Å². The van der Waals surface area contributed by atoms with E-state index < -0.39 is 30.0 Å². The maximum absolute atomic E-state index is 12.6. The summed E-state index contributed by atoms with van der Waals surface area (Å²) in [7, 11) is 0. The molecule has 0 aliphatic carbocycles. The van der Waals surface area contributed by atoms with Crippen LogP contribution in [0.5, 0.6) is 0 Å². The number of nitrogen functional groups attached to an aromatic ring is 1.